The fourth-order valence-electron chi connectivity index (χ4n) is 6.14. The van der Waals surface area contributed by atoms with Crippen molar-refractivity contribution in [2.45, 2.75) is 171 Å². The maximum absolute atomic E-state index is 13.5. The Morgan fingerprint density at radius 1 is 0.442 bits per heavy atom. The molecule has 0 radical (unpaired) electrons. The summed E-state index contributed by atoms with van der Waals surface area (Å²) in [6, 6.07) is 6.62. The normalized spacial score (nSPS) is 15.1. The van der Waals surface area contributed by atoms with E-state index in [2.05, 4.69) is 55.4 Å². The maximum atomic E-state index is 13.5. The number of rotatable bonds is 34. The van der Waals surface area contributed by atoms with Crippen LogP contribution in [0.3, 0.4) is 0 Å². The van der Waals surface area contributed by atoms with Crippen molar-refractivity contribution in [1.29, 1.82) is 0 Å². The number of ether oxygens (including phenoxy) is 6. The van der Waals surface area contributed by atoms with Crippen molar-refractivity contribution in [2.24, 2.45) is 23.7 Å². The van der Waals surface area contributed by atoms with E-state index in [-0.39, 0.29) is 24.3 Å². The van der Waals surface area contributed by atoms with Gasteiger partial charge in [0.25, 0.3) is 0 Å². The molecule has 0 N–H and O–H groups in total. The highest BCUT2D eigenvalue weighted by Gasteiger charge is 2.24. The summed E-state index contributed by atoms with van der Waals surface area (Å²) < 4.78 is 36.5. The zero-order chi connectivity index (χ0) is 38.4. The van der Waals surface area contributed by atoms with Crippen LogP contribution in [0.1, 0.15) is 179 Å². The lowest BCUT2D eigenvalue weighted by molar-refractivity contribution is -0.177. The number of hydrogen-bond donors (Lipinski definition) is 0. The van der Waals surface area contributed by atoms with E-state index in [0.29, 0.717) is 50.1 Å². The Bertz CT molecular complexity index is 897. The first-order chi connectivity index (χ1) is 25.3. The Morgan fingerprint density at radius 3 is 0.942 bits per heavy atom. The van der Waals surface area contributed by atoms with Crippen LogP contribution in [0.15, 0.2) is 24.3 Å². The van der Waals surface area contributed by atoms with Gasteiger partial charge in [-0.2, -0.15) is 0 Å². The monoisotopic (exact) mass is 735 g/mol. The van der Waals surface area contributed by atoms with E-state index >= 15 is 0 Å². The summed E-state index contributed by atoms with van der Waals surface area (Å²) in [5, 5.41) is 0. The lowest BCUT2D eigenvalue weighted by Gasteiger charge is -2.24. The van der Waals surface area contributed by atoms with Crippen molar-refractivity contribution in [3.63, 3.8) is 0 Å². The number of unbranched alkanes of at least 4 members (excludes halogenated alkanes) is 4. The molecule has 1 aromatic carbocycles. The topological polar surface area (TPSA) is 89.5 Å². The first-order valence-corrected chi connectivity index (χ1v) is 21.2. The van der Waals surface area contributed by atoms with Crippen LogP contribution in [0, 0.1) is 23.7 Å². The van der Waals surface area contributed by atoms with Crippen LogP contribution < -0.4 is 0 Å². The Morgan fingerprint density at radius 2 is 0.712 bits per heavy atom. The highest BCUT2D eigenvalue weighted by Crippen LogP contribution is 2.20. The van der Waals surface area contributed by atoms with Gasteiger partial charge < -0.3 is 28.4 Å². The van der Waals surface area contributed by atoms with Gasteiger partial charge in [0.05, 0.1) is 37.6 Å². The van der Waals surface area contributed by atoms with Gasteiger partial charge in [-0.1, -0.05) is 145 Å². The molecule has 0 aromatic heterocycles. The average molecular weight is 735 g/mol. The van der Waals surface area contributed by atoms with Crippen LogP contribution in [0.4, 0.5) is 0 Å². The van der Waals surface area contributed by atoms with Gasteiger partial charge in [-0.15, -0.1) is 0 Å². The molecule has 8 nitrogen and oxygen atoms in total. The number of hydrogen-bond acceptors (Lipinski definition) is 8. The Hall–Kier alpha value is -2.00. The largest absolute Gasteiger partial charge is 0.457 e. The number of esters is 2. The Kier molecular flexibility index (Phi) is 29.0. The molecule has 0 saturated heterocycles. The number of benzene rings is 1. The molecule has 0 aliphatic heterocycles. The van der Waals surface area contributed by atoms with E-state index in [0.717, 1.165) is 103 Å². The molecule has 0 fully saturated rings. The van der Waals surface area contributed by atoms with Gasteiger partial charge in [0, 0.05) is 0 Å². The second kappa shape index (κ2) is 31.4. The average Bonchev–Trinajstić information content (AvgIpc) is 3.17. The van der Waals surface area contributed by atoms with Gasteiger partial charge in [0.2, 0.25) is 0 Å². The van der Waals surface area contributed by atoms with Gasteiger partial charge >= 0.3 is 11.9 Å². The van der Waals surface area contributed by atoms with E-state index in [1.54, 1.807) is 24.3 Å². The second-order valence-corrected chi connectivity index (χ2v) is 14.6. The first-order valence-electron chi connectivity index (χ1n) is 21.2. The molecule has 0 aliphatic rings. The number of carbonyl (C=O) groups is 2. The van der Waals surface area contributed by atoms with E-state index in [4.69, 9.17) is 28.4 Å². The highest BCUT2D eigenvalue weighted by molar-refractivity contribution is 6.03. The molecule has 0 amide bonds. The molecule has 0 saturated carbocycles. The van der Waals surface area contributed by atoms with Crippen LogP contribution >= 0.6 is 0 Å². The SMILES string of the molecule is CCCCC(CC)COC(COC(=O)c1ccccc1C(=O)OCC(OCC(CC)CCCC)OCC(CC)CCCC)OCC(CC)CCCC. The lowest BCUT2D eigenvalue weighted by Crippen LogP contribution is -2.30. The standard InChI is InChI=1S/C44H78O8/c1-9-17-23-35(13-5)29-47-41(48-30-36(14-6)24-18-10-2)33-51-43(45)39-27-21-22-28-40(39)44(46)52-34-42(49-31-37(15-7)25-19-11-3)50-32-38(16-8)26-20-12-4/h21-22,27-28,35-38,41-42H,9-20,23-26,29-34H2,1-8H3. The third-order valence-electron chi connectivity index (χ3n) is 10.3. The molecule has 1 aromatic rings. The van der Waals surface area contributed by atoms with Gasteiger partial charge in [-0.3, -0.25) is 0 Å². The van der Waals surface area contributed by atoms with Crippen molar-refractivity contribution < 1.29 is 38.0 Å². The van der Waals surface area contributed by atoms with Crippen molar-refractivity contribution in [3.8, 4) is 0 Å². The highest BCUT2D eigenvalue weighted by atomic mass is 16.7. The summed E-state index contributed by atoms with van der Waals surface area (Å²) >= 11 is 0. The molecule has 0 aliphatic carbocycles. The molecular formula is C44H78O8. The third-order valence-corrected chi connectivity index (χ3v) is 10.3. The van der Waals surface area contributed by atoms with Crippen LogP contribution in [-0.2, 0) is 28.4 Å². The van der Waals surface area contributed by atoms with Gasteiger partial charge in [-0.25, -0.2) is 9.59 Å². The zero-order valence-electron chi connectivity index (χ0n) is 34.6. The predicted molar refractivity (Wildman–Crippen MR) is 212 cm³/mol. The minimum absolute atomic E-state index is 0.0619. The predicted octanol–water partition coefficient (Wildman–Crippen LogP) is 11.6. The van der Waals surface area contributed by atoms with Crippen molar-refractivity contribution >= 4 is 11.9 Å². The smallest absolute Gasteiger partial charge is 0.339 e. The summed E-state index contributed by atoms with van der Waals surface area (Å²) in [6.07, 6.45) is 16.3. The van der Waals surface area contributed by atoms with E-state index < -0.39 is 24.5 Å². The quantitative estimate of drug-likeness (QED) is 0.0511. The summed E-state index contributed by atoms with van der Waals surface area (Å²) in [7, 11) is 0. The van der Waals surface area contributed by atoms with Crippen molar-refractivity contribution in [1.82, 2.24) is 0 Å². The Balaban J connectivity index is 3.01. The fourth-order valence-corrected chi connectivity index (χ4v) is 6.14. The maximum Gasteiger partial charge on any atom is 0.339 e. The van der Waals surface area contributed by atoms with E-state index in [1.807, 2.05) is 0 Å². The van der Waals surface area contributed by atoms with Gasteiger partial charge in [0.1, 0.15) is 13.2 Å². The Labute approximate surface area is 318 Å². The van der Waals surface area contributed by atoms with E-state index in [1.165, 1.54) is 0 Å². The molecule has 8 heteroatoms. The fraction of sp³-hybridized carbons (Fsp3) is 0.818. The first kappa shape index (κ1) is 48.0. The summed E-state index contributed by atoms with van der Waals surface area (Å²) in [4.78, 5) is 27.0. The minimum Gasteiger partial charge on any atom is -0.457 e. The molecular weight excluding hydrogens is 656 g/mol. The van der Waals surface area contributed by atoms with Crippen LogP contribution in [0.2, 0.25) is 0 Å². The summed E-state index contributed by atoms with van der Waals surface area (Å²) in [6.45, 7) is 19.6. The third kappa shape index (κ3) is 21.0. The second-order valence-electron chi connectivity index (χ2n) is 14.6. The molecule has 302 valence electrons. The van der Waals surface area contributed by atoms with Gasteiger partial charge in [-0.05, 0) is 61.5 Å². The van der Waals surface area contributed by atoms with Gasteiger partial charge in [0.15, 0.2) is 12.6 Å². The van der Waals surface area contributed by atoms with Crippen LogP contribution in [0.5, 0.6) is 0 Å². The molecule has 4 atom stereocenters. The molecule has 52 heavy (non-hydrogen) atoms. The van der Waals surface area contributed by atoms with Crippen LogP contribution in [-0.4, -0.2) is 64.2 Å². The minimum atomic E-state index is -0.682. The molecule has 0 heterocycles. The van der Waals surface area contributed by atoms with E-state index in [9.17, 15) is 9.59 Å². The molecule has 1 rings (SSSR count). The summed E-state index contributed by atoms with van der Waals surface area (Å²) in [5.74, 6) is 0.449. The van der Waals surface area contributed by atoms with Crippen molar-refractivity contribution in [3.05, 3.63) is 35.4 Å². The number of carbonyl (C=O) groups excluding carboxylic acids is 2. The van der Waals surface area contributed by atoms with Crippen molar-refractivity contribution in [2.75, 3.05) is 39.6 Å². The summed E-state index contributed by atoms with van der Waals surface area (Å²) in [5.41, 5.74) is 0.286. The lowest BCUT2D eigenvalue weighted by atomic mass is 10.0. The molecule has 0 spiro atoms. The molecule has 0 bridgehead atoms. The molecule has 4 unspecified atom stereocenters. The van der Waals surface area contributed by atoms with Crippen LogP contribution in [0.25, 0.3) is 0 Å². The zero-order valence-corrected chi connectivity index (χ0v) is 34.6.